The summed E-state index contributed by atoms with van der Waals surface area (Å²) in [5.74, 6) is -1.02. The van der Waals surface area contributed by atoms with Crippen molar-refractivity contribution in [1.29, 1.82) is 0 Å². The van der Waals surface area contributed by atoms with Gasteiger partial charge in [0, 0.05) is 26.7 Å². The Balaban J connectivity index is 1.98. The molecule has 0 radical (unpaired) electrons. The van der Waals surface area contributed by atoms with Gasteiger partial charge in [-0.05, 0) is 29.1 Å². The van der Waals surface area contributed by atoms with Crippen molar-refractivity contribution in [1.82, 2.24) is 0 Å². The van der Waals surface area contributed by atoms with Crippen LogP contribution in [0.5, 0.6) is 0 Å². The van der Waals surface area contributed by atoms with E-state index < -0.39 is 17.8 Å². The van der Waals surface area contributed by atoms with Gasteiger partial charge in [-0.1, -0.05) is 23.7 Å². The maximum absolute atomic E-state index is 14.2. The topological polar surface area (TPSA) is 46.2 Å². The van der Waals surface area contributed by atoms with E-state index >= 15 is 0 Å². The highest BCUT2D eigenvalue weighted by molar-refractivity contribution is 7.26. The Bertz CT molecular complexity index is 741. The largest absolute Gasteiger partial charge is 0.387 e. The summed E-state index contributed by atoms with van der Waals surface area (Å²) in [6.45, 7) is 0.143. The van der Waals surface area contributed by atoms with Crippen LogP contribution in [0.4, 0.5) is 4.39 Å². The molecule has 0 aliphatic rings. The normalized spacial score (nSPS) is 14.5. The smallest absolute Gasteiger partial charge is 0.145 e. The minimum atomic E-state index is -0.840. The summed E-state index contributed by atoms with van der Waals surface area (Å²) in [5.41, 5.74) is 6.12. The quantitative estimate of drug-likeness (QED) is 0.732. The number of aliphatic hydroxyl groups excluding tert-OH is 1. The van der Waals surface area contributed by atoms with Gasteiger partial charge in [-0.15, -0.1) is 22.7 Å². The summed E-state index contributed by atoms with van der Waals surface area (Å²) in [7, 11) is 0. The SMILES string of the molecule is NCC(c1cccc(Cl)c1F)C(O)c1cc2sccc2s1. The summed E-state index contributed by atoms with van der Waals surface area (Å²) in [6, 6.07) is 8.74. The van der Waals surface area contributed by atoms with Gasteiger partial charge in [0.1, 0.15) is 5.82 Å². The van der Waals surface area contributed by atoms with Gasteiger partial charge in [0.05, 0.1) is 11.1 Å². The molecular weight excluding hydrogens is 329 g/mol. The van der Waals surface area contributed by atoms with Crippen molar-refractivity contribution in [3.63, 3.8) is 0 Å². The number of aliphatic hydroxyl groups is 1. The van der Waals surface area contributed by atoms with E-state index in [0.29, 0.717) is 5.56 Å². The predicted molar refractivity (Wildman–Crippen MR) is 87.9 cm³/mol. The number of fused-ring (bicyclic) bond motifs is 1. The lowest BCUT2D eigenvalue weighted by atomic mass is 9.92. The first kappa shape index (κ1) is 14.9. The summed E-state index contributed by atoms with van der Waals surface area (Å²) in [5, 5.41) is 12.6. The molecule has 0 saturated carbocycles. The molecule has 3 aromatic rings. The standard InChI is InChI=1S/C15H13ClFNOS2/c16-10-3-1-2-8(14(10)17)9(7-18)15(19)13-6-12-11(21-13)4-5-20-12/h1-6,9,15,19H,7,18H2. The van der Waals surface area contributed by atoms with Gasteiger partial charge >= 0.3 is 0 Å². The van der Waals surface area contributed by atoms with Gasteiger partial charge in [0.15, 0.2) is 0 Å². The fourth-order valence-corrected chi connectivity index (χ4v) is 4.71. The van der Waals surface area contributed by atoms with Gasteiger partial charge in [-0.2, -0.15) is 0 Å². The van der Waals surface area contributed by atoms with E-state index in [-0.39, 0.29) is 11.6 Å². The third kappa shape index (κ3) is 2.72. The van der Waals surface area contributed by atoms with Crippen LogP contribution in [0.15, 0.2) is 35.7 Å². The first-order valence-electron chi connectivity index (χ1n) is 6.40. The molecule has 2 nitrogen and oxygen atoms in total. The monoisotopic (exact) mass is 341 g/mol. The summed E-state index contributed by atoms with van der Waals surface area (Å²) in [4.78, 5) is 0.798. The van der Waals surface area contributed by atoms with Gasteiger partial charge < -0.3 is 10.8 Å². The molecule has 1 aromatic carbocycles. The third-order valence-electron chi connectivity index (χ3n) is 3.47. The lowest BCUT2D eigenvalue weighted by Crippen LogP contribution is -2.20. The number of hydrogen-bond donors (Lipinski definition) is 2. The van der Waals surface area contributed by atoms with E-state index in [1.807, 2.05) is 17.5 Å². The molecule has 6 heteroatoms. The number of nitrogens with two attached hydrogens (primary N) is 1. The number of hydrogen-bond acceptors (Lipinski definition) is 4. The minimum absolute atomic E-state index is 0.0466. The van der Waals surface area contributed by atoms with E-state index in [4.69, 9.17) is 17.3 Å². The molecule has 2 aromatic heterocycles. The molecular formula is C15H13ClFNOS2. The Morgan fingerprint density at radius 2 is 2.10 bits per heavy atom. The summed E-state index contributed by atoms with van der Waals surface area (Å²) >= 11 is 8.95. The fraction of sp³-hybridized carbons (Fsp3) is 0.200. The first-order chi connectivity index (χ1) is 10.1. The Morgan fingerprint density at radius 1 is 1.29 bits per heavy atom. The zero-order chi connectivity index (χ0) is 15.0. The van der Waals surface area contributed by atoms with Crippen molar-refractivity contribution >= 4 is 43.7 Å². The van der Waals surface area contributed by atoms with Gasteiger partial charge in [0.2, 0.25) is 0 Å². The second kappa shape index (κ2) is 6.02. The van der Waals surface area contributed by atoms with Crippen LogP contribution >= 0.6 is 34.3 Å². The molecule has 110 valence electrons. The van der Waals surface area contributed by atoms with Crippen LogP contribution in [0, 0.1) is 5.82 Å². The Kier molecular flexibility index (Phi) is 4.28. The highest BCUT2D eigenvalue weighted by Crippen LogP contribution is 2.39. The molecule has 21 heavy (non-hydrogen) atoms. The van der Waals surface area contributed by atoms with Gasteiger partial charge in [-0.3, -0.25) is 0 Å². The second-order valence-corrected chi connectivity index (χ2v) is 7.20. The number of rotatable bonds is 4. The fourth-order valence-electron chi connectivity index (χ4n) is 2.36. The van der Waals surface area contributed by atoms with Crippen LogP contribution in [0.3, 0.4) is 0 Å². The number of thiophene rings is 2. The van der Waals surface area contributed by atoms with Gasteiger partial charge in [0.25, 0.3) is 0 Å². The van der Waals surface area contributed by atoms with Crippen molar-refractivity contribution in [2.45, 2.75) is 12.0 Å². The van der Waals surface area contributed by atoms with E-state index in [2.05, 4.69) is 0 Å². The van der Waals surface area contributed by atoms with Crippen LogP contribution in [0.2, 0.25) is 5.02 Å². The molecule has 0 aliphatic carbocycles. The highest BCUT2D eigenvalue weighted by Gasteiger charge is 2.26. The molecule has 0 aliphatic heterocycles. The molecule has 2 heterocycles. The van der Waals surface area contributed by atoms with Crippen molar-refractivity contribution in [3.8, 4) is 0 Å². The Morgan fingerprint density at radius 3 is 2.81 bits per heavy atom. The van der Waals surface area contributed by atoms with Crippen molar-refractivity contribution < 1.29 is 9.50 Å². The van der Waals surface area contributed by atoms with E-state index in [1.54, 1.807) is 23.5 Å². The van der Waals surface area contributed by atoms with Crippen molar-refractivity contribution in [2.75, 3.05) is 6.54 Å². The molecule has 0 saturated heterocycles. The minimum Gasteiger partial charge on any atom is -0.387 e. The molecule has 3 N–H and O–H groups in total. The third-order valence-corrected chi connectivity index (χ3v) is 5.92. The summed E-state index contributed by atoms with van der Waals surface area (Å²) in [6.07, 6.45) is -0.840. The average molecular weight is 342 g/mol. The average Bonchev–Trinajstić information content (AvgIpc) is 3.05. The molecule has 2 atom stereocenters. The first-order valence-corrected chi connectivity index (χ1v) is 8.48. The van der Waals surface area contributed by atoms with Crippen molar-refractivity contribution in [2.24, 2.45) is 5.73 Å². The van der Waals surface area contributed by atoms with Crippen LogP contribution in [0.1, 0.15) is 22.5 Å². The lowest BCUT2D eigenvalue weighted by molar-refractivity contribution is 0.149. The molecule has 0 spiro atoms. The predicted octanol–water partition coefficient (Wildman–Crippen LogP) is 4.53. The molecule has 0 bridgehead atoms. The Labute approximate surface area is 134 Å². The number of halogens is 2. The second-order valence-electron chi connectivity index (χ2n) is 4.73. The van der Waals surface area contributed by atoms with E-state index in [0.717, 1.165) is 14.3 Å². The van der Waals surface area contributed by atoms with Gasteiger partial charge in [-0.25, -0.2) is 4.39 Å². The molecule has 3 rings (SSSR count). The van der Waals surface area contributed by atoms with Crippen LogP contribution in [-0.4, -0.2) is 11.7 Å². The lowest BCUT2D eigenvalue weighted by Gasteiger charge is -2.21. The molecule has 2 unspecified atom stereocenters. The van der Waals surface area contributed by atoms with Crippen LogP contribution in [0.25, 0.3) is 9.40 Å². The Hall–Kier alpha value is -0.980. The zero-order valence-electron chi connectivity index (χ0n) is 10.9. The maximum atomic E-state index is 14.2. The van der Waals surface area contributed by atoms with Crippen LogP contribution < -0.4 is 5.73 Å². The maximum Gasteiger partial charge on any atom is 0.145 e. The molecule has 0 fully saturated rings. The number of benzene rings is 1. The van der Waals surface area contributed by atoms with Crippen LogP contribution in [-0.2, 0) is 0 Å². The summed E-state index contributed by atoms with van der Waals surface area (Å²) < 4.78 is 16.4. The zero-order valence-corrected chi connectivity index (χ0v) is 13.3. The van der Waals surface area contributed by atoms with E-state index in [9.17, 15) is 9.50 Å². The van der Waals surface area contributed by atoms with Crippen molar-refractivity contribution in [3.05, 3.63) is 57.0 Å². The highest BCUT2D eigenvalue weighted by atomic mass is 35.5. The van der Waals surface area contributed by atoms with E-state index in [1.165, 1.54) is 17.4 Å². The molecule has 0 amide bonds.